The smallest absolute Gasteiger partial charge is 0.352 e. The Morgan fingerprint density at radius 1 is 1.21 bits per heavy atom. The van der Waals surface area contributed by atoms with Gasteiger partial charge in [0, 0.05) is 39.3 Å². The fraction of sp³-hybridized carbons (Fsp3) is 0.0526. The van der Waals surface area contributed by atoms with E-state index in [-0.39, 0.29) is 18.1 Å². The minimum atomic E-state index is -1.16. The van der Waals surface area contributed by atoms with Gasteiger partial charge in [-0.05, 0) is 42.5 Å². The van der Waals surface area contributed by atoms with Gasteiger partial charge in [0.2, 0.25) is 0 Å². The second kappa shape index (κ2) is 6.87. The summed E-state index contributed by atoms with van der Waals surface area (Å²) in [5.74, 6) is -1.45. The Balaban J connectivity index is 1.80. The number of fused-ring (bicyclic) bond motifs is 1. The third kappa shape index (κ3) is 3.09. The Hall–Kier alpha value is -3.00. The number of carboxylic acid groups (broad SMARTS) is 1. The van der Waals surface area contributed by atoms with E-state index in [9.17, 15) is 14.7 Å². The van der Waals surface area contributed by atoms with Gasteiger partial charge in [-0.15, -0.1) is 0 Å². The van der Waals surface area contributed by atoms with Gasteiger partial charge >= 0.3 is 5.97 Å². The maximum Gasteiger partial charge on any atom is 0.352 e. The second-order valence-electron chi connectivity index (χ2n) is 6.27. The summed E-state index contributed by atoms with van der Waals surface area (Å²) >= 11 is 12.3. The number of hydrazine groups is 1. The van der Waals surface area contributed by atoms with E-state index in [1.807, 2.05) is 0 Å². The van der Waals surface area contributed by atoms with Gasteiger partial charge in [0.05, 0.1) is 10.7 Å². The summed E-state index contributed by atoms with van der Waals surface area (Å²) < 4.78 is 0. The molecule has 0 spiro atoms. The lowest BCUT2D eigenvalue weighted by Gasteiger charge is -2.15. The summed E-state index contributed by atoms with van der Waals surface area (Å²) in [6, 6.07) is 9.94. The number of amides is 1. The number of nitrogens with two attached hydrogens (primary N) is 1. The molecule has 0 saturated carbocycles. The SMILES string of the molecule is Nc1ccc(N2NCC(=Cc3c(C(=O)O)[nH]c4cc(Cl)cc(Cl)c34)C2=O)cc1. The zero-order valence-corrected chi connectivity index (χ0v) is 15.8. The maximum absolute atomic E-state index is 12.8. The molecule has 2 heterocycles. The summed E-state index contributed by atoms with van der Waals surface area (Å²) in [4.78, 5) is 27.3. The van der Waals surface area contributed by atoms with Crippen LogP contribution < -0.4 is 16.2 Å². The highest BCUT2D eigenvalue weighted by molar-refractivity contribution is 6.39. The number of aromatic carboxylic acids is 1. The summed E-state index contributed by atoms with van der Waals surface area (Å²) in [6.45, 7) is 0.236. The minimum absolute atomic E-state index is 0.0644. The van der Waals surface area contributed by atoms with Crippen LogP contribution in [0.5, 0.6) is 0 Å². The number of H-pyrrole nitrogens is 1. The molecule has 2 aromatic carbocycles. The van der Waals surface area contributed by atoms with Crippen molar-refractivity contribution in [1.82, 2.24) is 10.4 Å². The first kappa shape index (κ1) is 18.4. The average molecular weight is 417 g/mol. The molecule has 1 amide bonds. The average Bonchev–Trinajstić information content (AvgIpc) is 3.18. The first-order valence-electron chi connectivity index (χ1n) is 8.23. The first-order valence-corrected chi connectivity index (χ1v) is 8.99. The highest BCUT2D eigenvalue weighted by Crippen LogP contribution is 2.34. The number of halogens is 2. The van der Waals surface area contributed by atoms with Gasteiger partial charge in [0.25, 0.3) is 5.91 Å². The van der Waals surface area contributed by atoms with Crippen LogP contribution in [0, 0.1) is 0 Å². The molecule has 1 fully saturated rings. The quantitative estimate of drug-likeness (QED) is 0.384. The molecule has 5 N–H and O–H groups in total. The first-order chi connectivity index (χ1) is 13.3. The molecule has 1 aliphatic rings. The lowest BCUT2D eigenvalue weighted by atomic mass is 10.1. The number of aromatic amines is 1. The fourth-order valence-electron chi connectivity index (χ4n) is 3.16. The van der Waals surface area contributed by atoms with Crippen molar-refractivity contribution in [3.05, 3.63) is 63.3 Å². The number of aromatic nitrogens is 1. The fourth-order valence-corrected chi connectivity index (χ4v) is 3.76. The largest absolute Gasteiger partial charge is 0.477 e. The van der Waals surface area contributed by atoms with Gasteiger partial charge in [0.15, 0.2) is 0 Å². The zero-order chi connectivity index (χ0) is 20.0. The van der Waals surface area contributed by atoms with E-state index in [1.54, 1.807) is 30.3 Å². The molecular formula is C19H14Cl2N4O3. The number of nitrogens with zero attached hydrogens (tertiary/aromatic N) is 1. The number of carbonyl (C=O) groups is 2. The van der Waals surface area contributed by atoms with Crippen LogP contribution in [-0.4, -0.2) is 28.5 Å². The Morgan fingerprint density at radius 2 is 1.93 bits per heavy atom. The van der Waals surface area contributed by atoms with Crippen LogP contribution in [0.15, 0.2) is 42.0 Å². The molecule has 7 nitrogen and oxygen atoms in total. The molecule has 0 radical (unpaired) electrons. The van der Waals surface area contributed by atoms with Crippen molar-refractivity contribution in [3.63, 3.8) is 0 Å². The number of hydrogen-bond donors (Lipinski definition) is 4. The summed E-state index contributed by atoms with van der Waals surface area (Å²) in [7, 11) is 0. The van der Waals surface area contributed by atoms with Crippen molar-refractivity contribution in [3.8, 4) is 0 Å². The Kier molecular flexibility index (Phi) is 4.50. The third-order valence-corrected chi connectivity index (χ3v) is 4.96. The number of carbonyl (C=O) groups excluding carboxylic acids is 1. The van der Waals surface area contributed by atoms with Gasteiger partial charge in [0.1, 0.15) is 5.69 Å². The predicted molar refractivity (Wildman–Crippen MR) is 110 cm³/mol. The number of nitrogen functional groups attached to an aromatic ring is 1. The number of benzene rings is 2. The Bertz CT molecular complexity index is 1150. The van der Waals surface area contributed by atoms with Crippen LogP contribution >= 0.6 is 23.2 Å². The van der Waals surface area contributed by atoms with Gasteiger partial charge in [-0.2, -0.15) is 0 Å². The van der Waals surface area contributed by atoms with E-state index in [0.717, 1.165) is 0 Å². The molecule has 1 saturated heterocycles. The van der Waals surface area contributed by atoms with Gasteiger partial charge in [-0.1, -0.05) is 23.2 Å². The standard InChI is InChI=1S/C19H14Cl2N4O3/c20-10-6-14(21)16-13(17(19(27)28)24-15(16)7-10)5-9-8-23-25(18(9)26)12-3-1-11(22)2-4-12/h1-7,23-24H,8,22H2,(H,27,28). The molecule has 1 aromatic heterocycles. The van der Waals surface area contributed by atoms with E-state index in [4.69, 9.17) is 28.9 Å². The van der Waals surface area contributed by atoms with Crippen LogP contribution in [0.2, 0.25) is 10.0 Å². The number of anilines is 2. The molecular weight excluding hydrogens is 403 g/mol. The van der Waals surface area contributed by atoms with Crippen molar-refractivity contribution in [2.75, 3.05) is 17.3 Å². The number of hydrogen-bond acceptors (Lipinski definition) is 4. The summed E-state index contributed by atoms with van der Waals surface area (Å²) in [5.41, 5.74) is 11.0. The van der Waals surface area contributed by atoms with E-state index in [1.165, 1.54) is 17.2 Å². The lowest BCUT2D eigenvalue weighted by molar-refractivity contribution is -0.114. The van der Waals surface area contributed by atoms with E-state index in [2.05, 4.69) is 10.4 Å². The second-order valence-corrected chi connectivity index (χ2v) is 7.11. The molecule has 28 heavy (non-hydrogen) atoms. The third-order valence-electron chi connectivity index (χ3n) is 4.44. The Labute approximate surface area is 169 Å². The van der Waals surface area contributed by atoms with Crippen molar-refractivity contribution in [2.45, 2.75) is 0 Å². The molecule has 0 atom stereocenters. The molecule has 9 heteroatoms. The number of rotatable bonds is 3. The van der Waals surface area contributed by atoms with Crippen molar-refractivity contribution in [2.24, 2.45) is 0 Å². The molecule has 0 unspecified atom stereocenters. The van der Waals surface area contributed by atoms with Gasteiger partial charge in [-0.25, -0.2) is 15.2 Å². The van der Waals surface area contributed by atoms with Crippen LogP contribution in [0.4, 0.5) is 11.4 Å². The van der Waals surface area contributed by atoms with Gasteiger partial charge in [-0.3, -0.25) is 4.79 Å². The lowest BCUT2D eigenvalue weighted by Crippen LogP contribution is -2.34. The molecule has 3 aromatic rings. The molecule has 142 valence electrons. The molecule has 1 aliphatic heterocycles. The topological polar surface area (TPSA) is 111 Å². The van der Waals surface area contributed by atoms with E-state index < -0.39 is 5.97 Å². The molecule has 4 rings (SSSR count). The van der Waals surface area contributed by atoms with Crippen LogP contribution in [0.25, 0.3) is 17.0 Å². The van der Waals surface area contributed by atoms with E-state index in [0.29, 0.717) is 43.5 Å². The highest BCUT2D eigenvalue weighted by Gasteiger charge is 2.28. The van der Waals surface area contributed by atoms with Crippen LogP contribution in [-0.2, 0) is 4.79 Å². The van der Waals surface area contributed by atoms with Crippen molar-refractivity contribution in [1.29, 1.82) is 0 Å². The van der Waals surface area contributed by atoms with Crippen LogP contribution in [0.3, 0.4) is 0 Å². The predicted octanol–water partition coefficient (Wildman–Crippen LogP) is 3.69. The van der Waals surface area contributed by atoms with Crippen molar-refractivity contribution >= 4 is 63.4 Å². The molecule has 0 aliphatic carbocycles. The zero-order valence-electron chi connectivity index (χ0n) is 14.3. The Morgan fingerprint density at radius 3 is 2.61 bits per heavy atom. The normalized spacial score (nSPS) is 15.7. The minimum Gasteiger partial charge on any atom is -0.477 e. The summed E-state index contributed by atoms with van der Waals surface area (Å²) in [6.07, 6.45) is 1.54. The highest BCUT2D eigenvalue weighted by atomic mass is 35.5. The number of carboxylic acids is 1. The van der Waals surface area contributed by atoms with Crippen LogP contribution in [0.1, 0.15) is 16.1 Å². The monoisotopic (exact) mass is 416 g/mol. The number of nitrogens with one attached hydrogen (secondary N) is 2. The summed E-state index contributed by atoms with van der Waals surface area (Å²) in [5, 5.41) is 12.1. The molecule has 0 bridgehead atoms. The van der Waals surface area contributed by atoms with E-state index >= 15 is 0 Å². The van der Waals surface area contributed by atoms with Gasteiger partial charge < -0.3 is 15.8 Å². The van der Waals surface area contributed by atoms with Crippen molar-refractivity contribution < 1.29 is 14.7 Å². The maximum atomic E-state index is 12.8.